The third-order valence-electron chi connectivity index (χ3n) is 17.5. The largest absolute Gasteiger partial charge is 0.394 e. The number of carbonyl (C=O) groups excluding carboxylic acids is 1. The van der Waals surface area contributed by atoms with E-state index in [1.807, 2.05) is 24.3 Å². The van der Waals surface area contributed by atoms with Crippen LogP contribution >= 0.6 is 0 Å². The lowest BCUT2D eigenvalue weighted by atomic mass is 9.95. The first-order valence-electron chi connectivity index (χ1n) is 29.9. The average molecular weight is 1330 g/mol. The Labute approximate surface area is 521 Å². The van der Waals surface area contributed by atoms with Gasteiger partial charge in [-0.05, 0) is 22.9 Å². The van der Waals surface area contributed by atoms with Crippen molar-refractivity contribution in [3.05, 3.63) is 48.0 Å². The minimum atomic E-state index is -2.23. The van der Waals surface area contributed by atoms with Gasteiger partial charge in [0.15, 0.2) is 44.0 Å². The number of amides is 1. The molecule has 92 heavy (non-hydrogen) atoms. The molecule has 522 valence electrons. The second kappa shape index (κ2) is 31.1. The number of hydrogen-bond acceptors (Lipinski definition) is 36. The molecular formula is C55H82N2O35. The number of nitrogens with one attached hydrogen (secondary N) is 2. The lowest BCUT2D eigenvalue weighted by Crippen LogP contribution is -2.68. The predicted octanol–water partition coefficient (Wildman–Crippen LogP) is -13.1. The van der Waals surface area contributed by atoms with Crippen LogP contribution in [0.25, 0.3) is 10.8 Å². The second-order valence-corrected chi connectivity index (χ2v) is 23.5. The fraction of sp³-hybridized carbons (Fsp3) is 0.800. The Morgan fingerprint density at radius 3 is 0.826 bits per heavy atom. The molecule has 22 N–H and O–H groups in total. The molecule has 14 bridgehead atoms. The first-order valence-corrected chi connectivity index (χ1v) is 29.9. The van der Waals surface area contributed by atoms with E-state index in [0.717, 1.165) is 10.8 Å². The Morgan fingerprint density at radius 2 is 0.554 bits per heavy atom. The minimum absolute atomic E-state index is 0.0125. The van der Waals surface area contributed by atoms with Crippen LogP contribution in [0.15, 0.2) is 42.5 Å². The van der Waals surface area contributed by atoms with Gasteiger partial charge in [-0.25, -0.2) is 0 Å². The Bertz CT molecular complexity index is 2650. The van der Waals surface area contributed by atoms with Crippen LogP contribution in [0.4, 0.5) is 0 Å². The minimum Gasteiger partial charge on any atom is -0.394 e. The molecule has 37 heteroatoms. The van der Waals surface area contributed by atoms with Crippen molar-refractivity contribution in [3.8, 4) is 0 Å². The standard InChI is InChI=1S/C55H82N2O35/c58-11-21-42-29(66)36(73)51(81-21)89-44-23(13-60)83-53(38(75)31(44)68)91-46-25(15-62)85-55(40(77)33(46)70)92-47-26(16-63)84-54(39(76)32(47)69)90-45-24(14-61)82-52(37(74)30(45)67)88-43-22(12-59)80-50(35(72)28(43)65)86-41-20(79-49(87-42)34(71)27(41)64)10-56-7-8-57-48(78)19-6-5-17-3-1-2-4-18(17)9-19/h1-6,9,20-47,49-56,58-77H,7-8,10-16H2,(H,57,78)/t20-,21-,22-,23-,24-,25-,26-,27-,28-,29-,30-,31-,32-,33-,34-,35-,36-,37-,38-,39-,40-,41-,42-,43-,44-,45-,46-,47-,49-,50-,51-,52-,53-,54-,55-/m1/s1. The summed E-state index contributed by atoms with van der Waals surface area (Å²) in [6.07, 6.45) is -70.4. The Kier molecular flexibility index (Phi) is 24.2. The third-order valence-corrected chi connectivity index (χ3v) is 17.5. The highest BCUT2D eigenvalue weighted by Crippen LogP contribution is 2.39. The van der Waals surface area contributed by atoms with Crippen LogP contribution in [-0.2, 0) is 66.3 Å². The first kappa shape index (κ1) is 71.5. The quantitative estimate of drug-likeness (QED) is 0.0878. The molecule has 23 rings (SSSR count). The number of aliphatic hydroxyl groups is 20. The van der Waals surface area contributed by atoms with Crippen molar-refractivity contribution in [1.29, 1.82) is 0 Å². The molecule has 35 atom stereocenters. The van der Waals surface area contributed by atoms with Crippen LogP contribution in [0.2, 0.25) is 0 Å². The van der Waals surface area contributed by atoms with Gasteiger partial charge >= 0.3 is 0 Å². The Hall–Kier alpha value is -3.23. The zero-order valence-corrected chi connectivity index (χ0v) is 48.7. The maximum absolute atomic E-state index is 13.2. The molecule has 2 aromatic rings. The lowest BCUT2D eigenvalue weighted by molar-refractivity contribution is -0.396. The van der Waals surface area contributed by atoms with E-state index < -0.39 is 260 Å². The normalized spacial score (nSPS) is 48.2. The molecule has 1 amide bonds. The summed E-state index contributed by atoms with van der Waals surface area (Å²) in [5, 5.41) is 232. The van der Waals surface area contributed by atoms with Gasteiger partial charge < -0.3 is 179 Å². The van der Waals surface area contributed by atoms with Crippen LogP contribution in [-0.4, -0.2) is 382 Å². The molecule has 21 fully saturated rings. The van der Waals surface area contributed by atoms with E-state index in [4.69, 9.17) is 66.3 Å². The monoisotopic (exact) mass is 1330 g/mol. The zero-order valence-electron chi connectivity index (χ0n) is 48.7. The van der Waals surface area contributed by atoms with E-state index in [1.54, 1.807) is 18.2 Å². The van der Waals surface area contributed by atoms with Crippen molar-refractivity contribution in [2.75, 3.05) is 59.3 Å². The van der Waals surface area contributed by atoms with Gasteiger partial charge in [0.25, 0.3) is 5.91 Å². The van der Waals surface area contributed by atoms with E-state index in [2.05, 4.69) is 10.6 Å². The van der Waals surface area contributed by atoms with Gasteiger partial charge in [0.1, 0.15) is 171 Å². The van der Waals surface area contributed by atoms with Crippen LogP contribution in [0, 0.1) is 0 Å². The summed E-state index contributed by atoms with van der Waals surface area (Å²) in [6, 6.07) is 12.5. The maximum Gasteiger partial charge on any atom is 0.251 e. The zero-order chi connectivity index (χ0) is 66.1. The number of aliphatic hydroxyl groups excluding tert-OH is 20. The predicted molar refractivity (Wildman–Crippen MR) is 290 cm³/mol. The molecule has 21 saturated heterocycles. The summed E-state index contributed by atoms with van der Waals surface area (Å²) in [5.74, 6) is -0.438. The molecule has 0 aromatic heterocycles. The second-order valence-electron chi connectivity index (χ2n) is 23.5. The summed E-state index contributed by atoms with van der Waals surface area (Å²) in [4.78, 5) is 13.2. The number of hydrogen-bond donors (Lipinski definition) is 22. The summed E-state index contributed by atoms with van der Waals surface area (Å²) in [5.41, 5.74) is 0.346. The molecular weight excluding hydrogens is 1250 g/mol. The van der Waals surface area contributed by atoms with Crippen molar-refractivity contribution in [2.24, 2.45) is 0 Å². The number of carbonyl (C=O) groups is 1. The summed E-state index contributed by atoms with van der Waals surface area (Å²) in [7, 11) is 0. The van der Waals surface area contributed by atoms with Gasteiger partial charge in [0.2, 0.25) is 0 Å². The molecule has 21 aliphatic heterocycles. The molecule has 0 saturated carbocycles. The molecule has 21 heterocycles. The van der Waals surface area contributed by atoms with E-state index >= 15 is 0 Å². The van der Waals surface area contributed by atoms with Crippen molar-refractivity contribution in [2.45, 2.75) is 215 Å². The van der Waals surface area contributed by atoms with Gasteiger partial charge in [0.05, 0.1) is 39.6 Å². The van der Waals surface area contributed by atoms with Gasteiger partial charge in [-0.1, -0.05) is 30.3 Å². The lowest BCUT2D eigenvalue weighted by Gasteiger charge is -2.50. The van der Waals surface area contributed by atoms with Gasteiger partial charge in [0, 0.05) is 25.2 Å². The van der Waals surface area contributed by atoms with Gasteiger partial charge in [-0.15, -0.1) is 0 Å². The van der Waals surface area contributed by atoms with Gasteiger partial charge in [-0.3, -0.25) is 4.79 Å². The smallest absolute Gasteiger partial charge is 0.251 e. The Balaban J connectivity index is 0.918. The molecule has 0 spiro atoms. The van der Waals surface area contributed by atoms with Crippen LogP contribution in [0.5, 0.6) is 0 Å². The third kappa shape index (κ3) is 14.6. The SMILES string of the molecule is O=C(NCCNC[C@H]1O[C@@H]2O[C@H]3[C@H](O)[C@@H](O)[C@@H](O[C@H]4[C@H](O)[C@@H](O)[C@@H](O[C@H]5[C@H](O)[C@@H](O)[C@@H](O[C@H]6[C@H](O)[C@@H](O)[C@@H](O[C@H]7[C@H](O)[C@@H](O)[C@@H](O[C@H]8[C@H](O)[C@@H](O)[C@@H](O[C@H]1[C@H](O)[C@H]2O)O[C@@H]8CO)O[C@@H]7CO)O[C@@H]6CO)O[C@@H]5CO)O[C@@H]4CO)O[C@@H]3CO)c1ccc2ccccc2c1. The fourth-order valence-electron chi connectivity index (χ4n) is 12.4. The highest BCUT2D eigenvalue weighted by atomic mass is 16.8. The molecule has 0 aliphatic carbocycles. The fourth-order valence-corrected chi connectivity index (χ4v) is 12.4. The Morgan fingerprint density at radius 1 is 0.304 bits per heavy atom. The number of rotatable bonds is 12. The van der Waals surface area contributed by atoms with Crippen molar-refractivity contribution >= 4 is 16.7 Å². The van der Waals surface area contributed by atoms with Crippen molar-refractivity contribution in [3.63, 3.8) is 0 Å². The summed E-state index contributed by atoms with van der Waals surface area (Å²) >= 11 is 0. The average Bonchev–Trinajstić information content (AvgIpc) is 0.805. The van der Waals surface area contributed by atoms with Crippen LogP contribution < -0.4 is 10.6 Å². The number of fused-ring (bicyclic) bond motifs is 1. The van der Waals surface area contributed by atoms with Crippen LogP contribution in [0.1, 0.15) is 10.4 Å². The molecule has 21 aliphatic rings. The van der Waals surface area contributed by atoms with E-state index in [1.165, 1.54) is 0 Å². The van der Waals surface area contributed by atoms with Crippen LogP contribution in [0.3, 0.4) is 0 Å². The molecule has 0 unspecified atom stereocenters. The van der Waals surface area contributed by atoms with E-state index in [9.17, 15) is 107 Å². The maximum atomic E-state index is 13.2. The topological polar surface area (TPSA) is 575 Å². The summed E-state index contributed by atoms with van der Waals surface area (Å²) in [6.45, 7) is -6.74. The molecule has 0 radical (unpaired) electrons. The molecule has 37 nitrogen and oxygen atoms in total. The summed E-state index contributed by atoms with van der Waals surface area (Å²) < 4.78 is 81.5. The molecule has 2 aromatic carbocycles. The number of benzene rings is 2. The number of ether oxygens (including phenoxy) is 14. The van der Waals surface area contributed by atoms with Crippen molar-refractivity contribution in [1.82, 2.24) is 10.6 Å². The highest BCUT2D eigenvalue weighted by Gasteiger charge is 2.59. The van der Waals surface area contributed by atoms with Crippen molar-refractivity contribution < 1.29 is 173 Å². The highest BCUT2D eigenvalue weighted by molar-refractivity contribution is 5.98. The van der Waals surface area contributed by atoms with Gasteiger partial charge in [-0.2, -0.15) is 0 Å². The van der Waals surface area contributed by atoms with E-state index in [0.29, 0.717) is 5.56 Å². The first-order chi connectivity index (χ1) is 44.0. The van der Waals surface area contributed by atoms with E-state index in [-0.39, 0.29) is 19.6 Å².